The summed E-state index contributed by atoms with van der Waals surface area (Å²) in [5.74, 6) is 0.945. The Morgan fingerprint density at radius 3 is 2.17 bits per heavy atom. The number of hydrogen-bond acceptors (Lipinski definition) is 5. The predicted molar refractivity (Wildman–Crippen MR) is 120 cm³/mol. The molecule has 1 heterocycles. The van der Waals surface area contributed by atoms with Crippen LogP contribution in [0.25, 0.3) is 0 Å². The van der Waals surface area contributed by atoms with E-state index in [0.29, 0.717) is 18.1 Å². The number of aryl methyl sites for hydroxylation is 1. The van der Waals surface area contributed by atoms with E-state index in [1.807, 2.05) is 36.4 Å². The summed E-state index contributed by atoms with van der Waals surface area (Å²) in [6, 6.07) is 21.9. The smallest absolute Gasteiger partial charge is 0.238 e. The van der Waals surface area contributed by atoms with Gasteiger partial charge in [0.1, 0.15) is 5.76 Å². The number of anilines is 1. The van der Waals surface area contributed by atoms with Crippen molar-refractivity contribution in [2.24, 2.45) is 0 Å². The van der Waals surface area contributed by atoms with Crippen molar-refractivity contribution in [2.45, 2.75) is 25.0 Å². The van der Waals surface area contributed by atoms with Crippen LogP contribution in [0.2, 0.25) is 0 Å². The third kappa shape index (κ3) is 6.22. The molecule has 0 aliphatic carbocycles. The second-order valence-electron chi connectivity index (χ2n) is 6.94. The highest BCUT2D eigenvalue weighted by molar-refractivity contribution is 8.01. The Bertz CT molecular complexity index is 921. The van der Waals surface area contributed by atoms with Crippen LogP contribution < -0.4 is 10.6 Å². The van der Waals surface area contributed by atoms with E-state index in [9.17, 15) is 9.59 Å². The van der Waals surface area contributed by atoms with Crippen molar-refractivity contribution >= 4 is 29.4 Å². The molecule has 0 aliphatic heterocycles. The molecule has 3 rings (SSSR count). The largest absolute Gasteiger partial charge is 0.360 e. The second kappa shape index (κ2) is 10.6. The normalized spacial score (nSPS) is 11.8. The maximum Gasteiger partial charge on any atom is 0.238 e. The molecule has 0 spiro atoms. The van der Waals surface area contributed by atoms with Crippen molar-refractivity contribution in [1.82, 2.24) is 10.5 Å². The van der Waals surface area contributed by atoms with Gasteiger partial charge in [0, 0.05) is 18.5 Å². The zero-order valence-corrected chi connectivity index (χ0v) is 17.8. The molecular formula is C23H25N3O3S. The quantitative estimate of drug-likeness (QED) is 0.544. The molecule has 30 heavy (non-hydrogen) atoms. The number of carbonyl (C=O) groups excluding carboxylic acids is 2. The molecular weight excluding hydrogens is 398 g/mol. The van der Waals surface area contributed by atoms with Crippen LogP contribution in [0.5, 0.6) is 0 Å². The highest BCUT2D eigenvalue weighted by atomic mass is 32.2. The minimum Gasteiger partial charge on any atom is -0.360 e. The zero-order valence-electron chi connectivity index (χ0n) is 17.0. The molecule has 0 radical (unpaired) electrons. The van der Waals surface area contributed by atoms with Crippen molar-refractivity contribution in [3.63, 3.8) is 0 Å². The highest BCUT2D eigenvalue weighted by Gasteiger charge is 2.18. The van der Waals surface area contributed by atoms with Gasteiger partial charge >= 0.3 is 0 Å². The minimum absolute atomic E-state index is 0.0671. The molecule has 7 heteroatoms. The molecule has 0 aliphatic rings. The van der Waals surface area contributed by atoms with Gasteiger partial charge in [0.25, 0.3) is 0 Å². The Kier molecular flexibility index (Phi) is 7.68. The summed E-state index contributed by atoms with van der Waals surface area (Å²) in [6.07, 6.45) is 0. The standard InChI is InChI=1S/C23H25N3O3S/c1-16-13-21(26-29-16)25-23(28)17(2)30-15-22(27)24-14-20(18-9-5-3-6-10-18)19-11-7-4-8-12-19/h3-13,17,20H,14-15H2,1-2H3,(H,24,27)(H,25,26,28). The van der Waals surface area contributed by atoms with Crippen molar-refractivity contribution in [3.05, 3.63) is 83.6 Å². The number of nitrogens with one attached hydrogen (secondary N) is 2. The molecule has 0 fully saturated rings. The van der Waals surface area contributed by atoms with Crippen LogP contribution in [-0.4, -0.2) is 34.5 Å². The molecule has 1 atom stereocenters. The van der Waals surface area contributed by atoms with E-state index in [4.69, 9.17) is 4.52 Å². The third-order valence-corrected chi connectivity index (χ3v) is 5.76. The molecule has 0 saturated heterocycles. The van der Waals surface area contributed by atoms with Crippen LogP contribution in [0.3, 0.4) is 0 Å². The fraction of sp³-hybridized carbons (Fsp3) is 0.261. The SMILES string of the molecule is Cc1cc(NC(=O)C(C)SCC(=O)NCC(c2ccccc2)c2ccccc2)no1. The highest BCUT2D eigenvalue weighted by Crippen LogP contribution is 2.23. The lowest BCUT2D eigenvalue weighted by molar-refractivity contribution is -0.118. The van der Waals surface area contributed by atoms with Gasteiger partial charge in [-0.05, 0) is 25.0 Å². The van der Waals surface area contributed by atoms with E-state index < -0.39 is 5.25 Å². The first-order valence-corrected chi connectivity index (χ1v) is 10.8. The molecule has 2 aromatic carbocycles. The molecule has 0 bridgehead atoms. The average molecular weight is 424 g/mol. The first kappa shape index (κ1) is 21.6. The third-order valence-electron chi connectivity index (χ3n) is 4.62. The van der Waals surface area contributed by atoms with E-state index in [-0.39, 0.29) is 23.5 Å². The number of aromatic nitrogens is 1. The Hall–Kier alpha value is -3.06. The molecule has 1 unspecified atom stereocenters. The van der Waals surface area contributed by atoms with E-state index in [0.717, 1.165) is 11.1 Å². The summed E-state index contributed by atoms with van der Waals surface area (Å²) in [5, 5.41) is 9.04. The Morgan fingerprint density at radius 2 is 1.63 bits per heavy atom. The van der Waals surface area contributed by atoms with Gasteiger partial charge in [-0.3, -0.25) is 9.59 Å². The minimum atomic E-state index is -0.396. The fourth-order valence-electron chi connectivity index (χ4n) is 3.00. The summed E-state index contributed by atoms with van der Waals surface area (Å²) in [7, 11) is 0. The first-order chi connectivity index (χ1) is 14.5. The predicted octanol–water partition coefficient (Wildman–Crippen LogP) is 3.99. The molecule has 2 amide bonds. The number of thioether (sulfide) groups is 1. The number of benzene rings is 2. The maximum atomic E-state index is 12.4. The molecule has 2 N–H and O–H groups in total. The molecule has 6 nitrogen and oxygen atoms in total. The summed E-state index contributed by atoms with van der Waals surface area (Å²) in [5.41, 5.74) is 2.29. The number of hydrogen-bond donors (Lipinski definition) is 2. The van der Waals surface area contributed by atoms with Gasteiger partial charge in [-0.2, -0.15) is 0 Å². The summed E-state index contributed by atoms with van der Waals surface area (Å²) < 4.78 is 4.93. The lowest BCUT2D eigenvalue weighted by Gasteiger charge is -2.19. The van der Waals surface area contributed by atoms with E-state index >= 15 is 0 Å². The summed E-state index contributed by atoms with van der Waals surface area (Å²) >= 11 is 1.28. The van der Waals surface area contributed by atoms with Crippen LogP contribution in [0.1, 0.15) is 29.7 Å². The van der Waals surface area contributed by atoms with E-state index in [1.54, 1.807) is 19.9 Å². The van der Waals surface area contributed by atoms with Gasteiger partial charge in [-0.1, -0.05) is 65.8 Å². The maximum absolute atomic E-state index is 12.4. The van der Waals surface area contributed by atoms with Crippen LogP contribution in [0, 0.1) is 6.92 Å². The summed E-state index contributed by atoms with van der Waals surface area (Å²) in [4.78, 5) is 24.6. The van der Waals surface area contributed by atoms with Crippen LogP contribution >= 0.6 is 11.8 Å². The Labute approximate surface area is 180 Å². The molecule has 1 aromatic heterocycles. The summed E-state index contributed by atoms with van der Waals surface area (Å²) in [6.45, 7) is 4.01. The van der Waals surface area contributed by atoms with Crippen LogP contribution in [0.4, 0.5) is 5.82 Å². The number of rotatable bonds is 9. The van der Waals surface area contributed by atoms with E-state index in [2.05, 4.69) is 40.1 Å². The first-order valence-electron chi connectivity index (χ1n) is 9.75. The topological polar surface area (TPSA) is 84.2 Å². The van der Waals surface area contributed by atoms with Gasteiger partial charge in [0.15, 0.2) is 5.82 Å². The number of nitrogens with zero attached hydrogens (tertiary/aromatic N) is 1. The lowest BCUT2D eigenvalue weighted by atomic mass is 9.91. The van der Waals surface area contributed by atoms with Crippen molar-refractivity contribution in [3.8, 4) is 0 Å². The Balaban J connectivity index is 1.51. The number of amides is 2. The second-order valence-corrected chi connectivity index (χ2v) is 8.27. The Morgan fingerprint density at radius 1 is 1.03 bits per heavy atom. The van der Waals surface area contributed by atoms with Gasteiger partial charge in [0.2, 0.25) is 11.8 Å². The van der Waals surface area contributed by atoms with Gasteiger partial charge in [-0.25, -0.2) is 0 Å². The van der Waals surface area contributed by atoms with Crippen molar-refractivity contribution in [2.75, 3.05) is 17.6 Å². The van der Waals surface area contributed by atoms with Gasteiger partial charge in [0.05, 0.1) is 11.0 Å². The van der Waals surface area contributed by atoms with Gasteiger partial charge < -0.3 is 15.2 Å². The van der Waals surface area contributed by atoms with Crippen molar-refractivity contribution < 1.29 is 14.1 Å². The number of carbonyl (C=O) groups is 2. The zero-order chi connectivity index (χ0) is 21.3. The lowest BCUT2D eigenvalue weighted by Crippen LogP contribution is -2.32. The van der Waals surface area contributed by atoms with E-state index in [1.165, 1.54) is 11.8 Å². The monoisotopic (exact) mass is 423 g/mol. The average Bonchev–Trinajstić information content (AvgIpc) is 3.18. The van der Waals surface area contributed by atoms with Gasteiger partial charge in [-0.15, -0.1) is 11.8 Å². The fourth-order valence-corrected chi connectivity index (χ4v) is 3.71. The molecule has 156 valence electrons. The van der Waals surface area contributed by atoms with Crippen LogP contribution in [0.15, 0.2) is 71.3 Å². The van der Waals surface area contributed by atoms with Crippen LogP contribution in [-0.2, 0) is 9.59 Å². The molecule has 3 aromatic rings. The molecule has 0 saturated carbocycles. The van der Waals surface area contributed by atoms with Crippen molar-refractivity contribution in [1.29, 1.82) is 0 Å².